The van der Waals surface area contributed by atoms with Crippen LogP contribution in [0.2, 0.25) is 0 Å². The fourth-order valence-corrected chi connectivity index (χ4v) is 1.53. The summed E-state index contributed by atoms with van der Waals surface area (Å²) in [5.41, 5.74) is 2.69. The Kier molecular flexibility index (Phi) is 4.15. The first-order valence-electron chi connectivity index (χ1n) is 5.59. The first-order valence-corrected chi connectivity index (χ1v) is 5.59. The van der Waals surface area contributed by atoms with Gasteiger partial charge in [0.25, 0.3) is 5.69 Å². The summed E-state index contributed by atoms with van der Waals surface area (Å²) in [6, 6.07) is 3.08. The fraction of sp³-hybridized carbons (Fsp3) is 0.400. The third-order valence-corrected chi connectivity index (χ3v) is 2.46. The molecular weight excluding hydrogens is 236 g/mol. The van der Waals surface area contributed by atoms with Gasteiger partial charge in [-0.3, -0.25) is 15.5 Å². The highest BCUT2D eigenvalue weighted by Gasteiger charge is 2.08. The predicted molar refractivity (Wildman–Crippen MR) is 67.7 cm³/mol. The molecular formula is C10H14N6O2. The second kappa shape index (κ2) is 6.03. The van der Waals surface area contributed by atoms with Crippen molar-refractivity contribution in [1.29, 1.82) is 0 Å². The number of nitrogens with one attached hydrogen (secondary N) is 3. The molecule has 1 unspecified atom stereocenters. The van der Waals surface area contributed by atoms with Crippen molar-refractivity contribution in [3.05, 3.63) is 28.4 Å². The molecule has 0 radical (unpaired) electrons. The van der Waals surface area contributed by atoms with Crippen molar-refractivity contribution in [2.24, 2.45) is 5.10 Å². The lowest BCUT2D eigenvalue weighted by molar-refractivity contribution is -0.385. The highest BCUT2D eigenvalue weighted by molar-refractivity contribution is 5.66. The van der Waals surface area contributed by atoms with Gasteiger partial charge in [0.15, 0.2) is 0 Å². The lowest BCUT2D eigenvalue weighted by Gasteiger charge is -2.20. The summed E-state index contributed by atoms with van der Waals surface area (Å²) >= 11 is 0. The number of nitrogens with zero attached hydrogens (tertiary/aromatic N) is 3. The van der Waals surface area contributed by atoms with Gasteiger partial charge in [-0.15, -0.1) is 0 Å². The number of hydrogen-bond acceptors (Lipinski definition) is 7. The largest absolute Gasteiger partial charge is 0.314 e. The van der Waals surface area contributed by atoms with E-state index >= 15 is 0 Å². The Morgan fingerprint density at radius 2 is 2.44 bits per heavy atom. The molecule has 1 saturated heterocycles. The first kappa shape index (κ1) is 12.4. The molecule has 1 aromatic heterocycles. The van der Waals surface area contributed by atoms with E-state index in [4.69, 9.17) is 0 Å². The van der Waals surface area contributed by atoms with Gasteiger partial charge in [-0.05, 0) is 6.07 Å². The summed E-state index contributed by atoms with van der Waals surface area (Å²) in [5.74, 6) is 0.473. The van der Waals surface area contributed by atoms with Crippen molar-refractivity contribution in [3.63, 3.8) is 0 Å². The zero-order chi connectivity index (χ0) is 12.8. The van der Waals surface area contributed by atoms with Crippen molar-refractivity contribution >= 4 is 17.7 Å². The van der Waals surface area contributed by atoms with E-state index < -0.39 is 4.92 Å². The Balaban J connectivity index is 1.85. The normalized spacial score (nSPS) is 19.9. The summed E-state index contributed by atoms with van der Waals surface area (Å²) in [4.78, 5) is 13.8. The van der Waals surface area contributed by atoms with Crippen molar-refractivity contribution < 1.29 is 4.92 Å². The van der Waals surface area contributed by atoms with E-state index in [0.717, 1.165) is 19.6 Å². The number of rotatable bonds is 4. The third-order valence-electron chi connectivity index (χ3n) is 2.46. The van der Waals surface area contributed by atoms with Crippen LogP contribution in [0.1, 0.15) is 0 Å². The van der Waals surface area contributed by atoms with Crippen LogP contribution in [0.3, 0.4) is 0 Å². The number of aromatic nitrogens is 1. The van der Waals surface area contributed by atoms with Gasteiger partial charge in [-0.1, -0.05) is 0 Å². The molecule has 0 saturated carbocycles. The smallest absolute Gasteiger partial charge is 0.287 e. The van der Waals surface area contributed by atoms with Gasteiger partial charge in [0, 0.05) is 31.9 Å². The van der Waals surface area contributed by atoms with Crippen molar-refractivity contribution in [1.82, 2.24) is 15.6 Å². The standard InChI is InChI=1S/C10H14N6O2/c17-16(18)9-1-2-10(13-7-9)15-14-6-8-5-11-3-4-12-8/h1-2,6-8,11-12H,3-5H2,(H,13,15)/b14-6+. The monoisotopic (exact) mass is 250 g/mol. The Morgan fingerprint density at radius 3 is 3.06 bits per heavy atom. The molecule has 0 spiro atoms. The van der Waals surface area contributed by atoms with Crippen molar-refractivity contribution in [2.45, 2.75) is 6.04 Å². The van der Waals surface area contributed by atoms with Gasteiger partial charge in [-0.25, -0.2) is 4.98 Å². The first-order chi connectivity index (χ1) is 8.75. The van der Waals surface area contributed by atoms with Crippen molar-refractivity contribution in [3.8, 4) is 0 Å². The zero-order valence-corrected chi connectivity index (χ0v) is 9.67. The van der Waals surface area contributed by atoms with Crippen LogP contribution in [-0.2, 0) is 0 Å². The van der Waals surface area contributed by atoms with E-state index in [2.05, 4.69) is 26.1 Å². The molecule has 2 rings (SSSR count). The van der Waals surface area contributed by atoms with Gasteiger partial charge in [0.2, 0.25) is 0 Å². The van der Waals surface area contributed by atoms with Gasteiger partial charge >= 0.3 is 0 Å². The molecule has 0 aliphatic carbocycles. The Bertz CT molecular complexity index is 426. The number of pyridine rings is 1. The maximum atomic E-state index is 10.4. The van der Waals surface area contributed by atoms with Gasteiger partial charge in [0.05, 0.1) is 11.0 Å². The number of hydrogen-bond donors (Lipinski definition) is 3. The van der Waals surface area contributed by atoms with Crippen LogP contribution >= 0.6 is 0 Å². The number of anilines is 1. The van der Waals surface area contributed by atoms with E-state index in [-0.39, 0.29) is 11.7 Å². The van der Waals surface area contributed by atoms with E-state index in [1.807, 2.05) is 0 Å². The quantitative estimate of drug-likeness (QED) is 0.393. The van der Waals surface area contributed by atoms with Gasteiger partial charge < -0.3 is 10.6 Å². The SMILES string of the molecule is O=[N+]([O-])c1ccc(N/N=C/C2CNCCN2)nc1. The maximum absolute atomic E-state index is 10.4. The van der Waals surface area contributed by atoms with Crippen LogP contribution in [0.4, 0.5) is 11.5 Å². The van der Waals surface area contributed by atoms with Crippen LogP contribution < -0.4 is 16.1 Å². The molecule has 0 aromatic carbocycles. The lowest BCUT2D eigenvalue weighted by Crippen LogP contribution is -2.49. The second-order valence-electron chi connectivity index (χ2n) is 3.81. The summed E-state index contributed by atoms with van der Waals surface area (Å²) in [6.07, 6.45) is 2.94. The summed E-state index contributed by atoms with van der Waals surface area (Å²) in [6.45, 7) is 2.70. The molecule has 8 heteroatoms. The summed E-state index contributed by atoms with van der Waals surface area (Å²) < 4.78 is 0. The summed E-state index contributed by atoms with van der Waals surface area (Å²) in [7, 11) is 0. The minimum atomic E-state index is -0.488. The second-order valence-corrected chi connectivity index (χ2v) is 3.81. The molecule has 8 nitrogen and oxygen atoms in total. The van der Waals surface area contributed by atoms with Crippen LogP contribution in [-0.4, -0.2) is 41.8 Å². The molecule has 2 heterocycles. The fourth-order valence-electron chi connectivity index (χ4n) is 1.53. The highest BCUT2D eigenvalue weighted by atomic mass is 16.6. The maximum Gasteiger partial charge on any atom is 0.287 e. The predicted octanol–water partition coefficient (Wildman–Crippen LogP) is -0.0511. The molecule has 1 aliphatic heterocycles. The average molecular weight is 250 g/mol. The minimum Gasteiger partial charge on any atom is -0.314 e. The lowest BCUT2D eigenvalue weighted by atomic mass is 10.2. The molecule has 96 valence electrons. The van der Waals surface area contributed by atoms with Crippen molar-refractivity contribution in [2.75, 3.05) is 25.1 Å². The van der Waals surface area contributed by atoms with Crippen LogP contribution in [0.15, 0.2) is 23.4 Å². The average Bonchev–Trinajstić information content (AvgIpc) is 2.40. The highest BCUT2D eigenvalue weighted by Crippen LogP contribution is 2.11. The zero-order valence-electron chi connectivity index (χ0n) is 9.67. The molecule has 1 aromatic rings. The number of piperazine rings is 1. The van der Waals surface area contributed by atoms with Crippen LogP contribution in [0.25, 0.3) is 0 Å². The molecule has 18 heavy (non-hydrogen) atoms. The Labute approximate surface area is 104 Å². The Morgan fingerprint density at radius 1 is 1.56 bits per heavy atom. The van der Waals surface area contributed by atoms with Crippen LogP contribution in [0.5, 0.6) is 0 Å². The van der Waals surface area contributed by atoms with E-state index in [9.17, 15) is 10.1 Å². The van der Waals surface area contributed by atoms with E-state index in [1.54, 1.807) is 6.21 Å². The van der Waals surface area contributed by atoms with Crippen LogP contribution in [0, 0.1) is 10.1 Å². The number of nitro groups is 1. The molecule has 1 fully saturated rings. The third kappa shape index (κ3) is 3.47. The summed E-state index contributed by atoms with van der Waals surface area (Å²) in [5, 5.41) is 21.0. The van der Waals surface area contributed by atoms with Gasteiger partial charge in [0.1, 0.15) is 12.0 Å². The Hall–Kier alpha value is -2.06. The molecule has 0 bridgehead atoms. The minimum absolute atomic E-state index is 0.0392. The number of hydrazone groups is 1. The topological polar surface area (TPSA) is 104 Å². The van der Waals surface area contributed by atoms with E-state index in [0.29, 0.717) is 5.82 Å². The molecule has 1 aliphatic rings. The van der Waals surface area contributed by atoms with Gasteiger partial charge in [-0.2, -0.15) is 5.10 Å². The molecule has 0 amide bonds. The molecule has 3 N–H and O–H groups in total. The molecule has 1 atom stereocenters. The van der Waals surface area contributed by atoms with E-state index in [1.165, 1.54) is 18.3 Å².